The zero-order valence-electron chi connectivity index (χ0n) is 10.5. The molecule has 1 heterocycles. The fourth-order valence-electron chi connectivity index (χ4n) is 2.07. The van der Waals surface area contributed by atoms with E-state index in [1.165, 1.54) is 22.3 Å². The Labute approximate surface area is 102 Å². The molecule has 3 heteroatoms. The van der Waals surface area contributed by atoms with Crippen LogP contribution in [0.2, 0.25) is 0 Å². The lowest BCUT2D eigenvalue weighted by Gasteiger charge is -2.07. The van der Waals surface area contributed by atoms with Gasteiger partial charge in [0, 0.05) is 24.8 Å². The topological polar surface area (TPSA) is 43.8 Å². The summed E-state index contributed by atoms with van der Waals surface area (Å²) in [5.74, 6) is 0. The average Bonchev–Trinajstić information content (AvgIpc) is 2.78. The number of nitrogens with two attached hydrogens (primary N) is 1. The van der Waals surface area contributed by atoms with Crippen molar-refractivity contribution in [2.24, 2.45) is 5.73 Å². The normalized spacial score (nSPS) is 10.8. The zero-order valence-corrected chi connectivity index (χ0v) is 10.5. The third kappa shape index (κ3) is 2.39. The fraction of sp³-hybridized carbons (Fsp3) is 0.357. The third-order valence-electron chi connectivity index (χ3n) is 3.06. The standard InChI is InChI=1S/C14H19N3/c1-3-7-17-10-13(9-16-17)14-6-4-5-12(8-15)11(14)2/h4-6,9-10H,3,7-8,15H2,1-2H3. The van der Waals surface area contributed by atoms with Gasteiger partial charge < -0.3 is 5.73 Å². The van der Waals surface area contributed by atoms with Crippen molar-refractivity contribution < 1.29 is 0 Å². The Morgan fingerprint density at radius 1 is 1.35 bits per heavy atom. The van der Waals surface area contributed by atoms with Crippen LogP contribution in [-0.2, 0) is 13.1 Å². The minimum absolute atomic E-state index is 0.586. The van der Waals surface area contributed by atoms with Crippen LogP contribution in [0.3, 0.4) is 0 Å². The van der Waals surface area contributed by atoms with E-state index in [-0.39, 0.29) is 0 Å². The van der Waals surface area contributed by atoms with Gasteiger partial charge in [-0.15, -0.1) is 0 Å². The highest BCUT2D eigenvalue weighted by atomic mass is 15.3. The first-order chi connectivity index (χ1) is 8.26. The summed E-state index contributed by atoms with van der Waals surface area (Å²) in [4.78, 5) is 0. The molecule has 0 aliphatic heterocycles. The quantitative estimate of drug-likeness (QED) is 0.876. The first-order valence-electron chi connectivity index (χ1n) is 6.07. The highest BCUT2D eigenvalue weighted by Crippen LogP contribution is 2.25. The molecule has 0 atom stereocenters. The zero-order chi connectivity index (χ0) is 12.3. The minimum atomic E-state index is 0.586. The minimum Gasteiger partial charge on any atom is -0.326 e. The van der Waals surface area contributed by atoms with E-state index in [0.29, 0.717) is 6.54 Å². The van der Waals surface area contributed by atoms with Gasteiger partial charge >= 0.3 is 0 Å². The number of aromatic nitrogens is 2. The van der Waals surface area contributed by atoms with Gasteiger partial charge in [0.25, 0.3) is 0 Å². The summed E-state index contributed by atoms with van der Waals surface area (Å²) in [7, 11) is 0. The summed E-state index contributed by atoms with van der Waals surface area (Å²) < 4.78 is 1.99. The molecule has 0 saturated heterocycles. The van der Waals surface area contributed by atoms with Gasteiger partial charge in [-0.3, -0.25) is 4.68 Å². The third-order valence-corrected chi connectivity index (χ3v) is 3.06. The Morgan fingerprint density at radius 3 is 2.88 bits per heavy atom. The molecule has 0 aliphatic rings. The predicted molar refractivity (Wildman–Crippen MR) is 70.6 cm³/mol. The lowest BCUT2D eigenvalue weighted by molar-refractivity contribution is 0.603. The Bertz CT molecular complexity index is 500. The van der Waals surface area contributed by atoms with Crippen molar-refractivity contribution in [1.29, 1.82) is 0 Å². The number of hydrogen-bond donors (Lipinski definition) is 1. The summed E-state index contributed by atoms with van der Waals surface area (Å²) in [5.41, 5.74) is 10.6. The van der Waals surface area contributed by atoms with Crippen LogP contribution in [0.15, 0.2) is 30.6 Å². The van der Waals surface area contributed by atoms with Crippen LogP contribution in [0.4, 0.5) is 0 Å². The van der Waals surface area contributed by atoms with Gasteiger partial charge in [-0.1, -0.05) is 25.1 Å². The van der Waals surface area contributed by atoms with Crippen LogP contribution in [0.5, 0.6) is 0 Å². The molecule has 0 aliphatic carbocycles. The van der Waals surface area contributed by atoms with Gasteiger partial charge in [0.2, 0.25) is 0 Å². The molecule has 0 unspecified atom stereocenters. The molecule has 0 bridgehead atoms. The van der Waals surface area contributed by atoms with E-state index in [0.717, 1.165) is 13.0 Å². The maximum absolute atomic E-state index is 5.73. The molecule has 0 amide bonds. The summed E-state index contributed by atoms with van der Waals surface area (Å²) in [5, 5.41) is 4.36. The Hall–Kier alpha value is -1.61. The number of benzene rings is 1. The van der Waals surface area contributed by atoms with Crippen molar-refractivity contribution in [2.75, 3.05) is 0 Å². The fourth-order valence-corrected chi connectivity index (χ4v) is 2.07. The molecule has 17 heavy (non-hydrogen) atoms. The van der Waals surface area contributed by atoms with Crippen molar-refractivity contribution in [3.05, 3.63) is 41.7 Å². The van der Waals surface area contributed by atoms with Gasteiger partial charge in [-0.2, -0.15) is 5.10 Å². The number of nitrogens with zero attached hydrogens (tertiary/aromatic N) is 2. The molecule has 3 nitrogen and oxygen atoms in total. The summed E-state index contributed by atoms with van der Waals surface area (Å²) in [6, 6.07) is 6.26. The molecular formula is C14H19N3. The second kappa shape index (κ2) is 5.15. The van der Waals surface area contributed by atoms with Gasteiger partial charge in [0.05, 0.1) is 6.20 Å². The molecule has 0 radical (unpaired) electrons. The summed E-state index contributed by atoms with van der Waals surface area (Å²) >= 11 is 0. The van der Waals surface area contributed by atoms with E-state index in [2.05, 4.69) is 43.3 Å². The van der Waals surface area contributed by atoms with Crippen LogP contribution in [0, 0.1) is 6.92 Å². The molecule has 1 aromatic carbocycles. The molecule has 2 aromatic rings. The van der Waals surface area contributed by atoms with Crippen molar-refractivity contribution in [3.63, 3.8) is 0 Å². The maximum Gasteiger partial charge on any atom is 0.0568 e. The van der Waals surface area contributed by atoms with Crippen LogP contribution in [-0.4, -0.2) is 9.78 Å². The predicted octanol–water partition coefficient (Wildman–Crippen LogP) is 2.73. The number of aryl methyl sites for hydroxylation is 1. The Balaban J connectivity index is 2.38. The van der Waals surface area contributed by atoms with Gasteiger partial charge in [-0.25, -0.2) is 0 Å². The number of rotatable bonds is 4. The van der Waals surface area contributed by atoms with Crippen molar-refractivity contribution >= 4 is 0 Å². The molecule has 1 aromatic heterocycles. The first-order valence-corrected chi connectivity index (χ1v) is 6.07. The molecule has 0 fully saturated rings. The van der Waals surface area contributed by atoms with Crippen molar-refractivity contribution in [2.45, 2.75) is 33.4 Å². The van der Waals surface area contributed by atoms with Crippen molar-refractivity contribution in [3.8, 4) is 11.1 Å². The SMILES string of the molecule is CCCn1cc(-c2cccc(CN)c2C)cn1. The summed E-state index contributed by atoms with van der Waals surface area (Å²) in [6.07, 6.45) is 5.13. The van der Waals surface area contributed by atoms with Crippen molar-refractivity contribution in [1.82, 2.24) is 9.78 Å². The molecular weight excluding hydrogens is 210 g/mol. The summed E-state index contributed by atoms with van der Waals surface area (Å²) in [6.45, 7) is 5.83. The van der Waals surface area contributed by atoms with E-state index < -0.39 is 0 Å². The molecule has 0 spiro atoms. The monoisotopic (exact) mass is 229 g/mol. The van der Waals surface area contributed by atoms with Gasteiger partial charge in [-0.05, 0) is 30.0 Å². The Morgan fingerprint density at radius 2 is 2.18 bits per heavy atom. The van der Waals surface area contributed by atoms with E-state index in [9.17, 15) is 0 Å². The lowest BCUT2D eigenvalue weighted by atomic mass is 9.99. The lowest BCUT2D eigenvalue weighted by Crippen LogP contribution is -1.99. The van der Waals surface area contributed by atoms with Gasteiger partial charge in [0.15, 0.2) is 0 Å². The van der Waals surface area contributed by atoms with Crippen LogP contribution in [0.1, 0.15) is 24.5 Å². The second-order valence-corrected chi connectivity index (χ2v) is 4.29. The average molecular weight is 229 g/mol. The van der Waals surface area contributed by atoms with E-state index in [4.69, 9.17) is 5.73 Å². The van der Waals surface area contributed by atoms with E-state index in [1.807, 2.05) is 10.9 Å². The molecule has 2 N–H and O–H groups in total. The Kier molecular flexibility index (Phi) is 3.59. The maximum atomic E-state index is 5.73. The largest absolute Gasteiger partial charge is 0.326 e. The van der Waals surface area contributed by atoms with Crippen LogP contribution >= 0.6 is 0 Å². The highest BCUT2D eigenvalue weighted by molar-refractivity contribution is 5.67. The second-order valence-electron chi connectivity index (χ2n) is 4.29. The van der Waals surface area contributed by atoms with E-state index in [1.54, 1.807) is 0 Å². The molecule has 0 saturated carbocycles. The van der Waals surface area contributed by atoms with Gasteiger partial charge in [0.1, 0.15) is 0 Å². The number of hydrogen-bond acceptors (Lipinski definition) is 2. The smallest absolute Gasteiger partial charge is 0.0568 e. The van der Waals surface area contributed by atoms with Crippen LogP contribution < -0.4 is 5.73 Å². The van der Waals surface area contributed by atoms with Crippen LogP contribution in [0.25, 0.3) is 11.1 Å². The highest BCUT2D eigenvalue weighted by Gasteiger charge is 2.07. The molecule has 2 rings (SSSR count). The molecule has 90 valence electrons. The van der Waals surface area contributed by atoms with E-state index >= 15 is 0 Å². The first kappa shape index (κ1) is 11.9.